The van der Waals surface area contributed by atoms with Crippen molar-refractivity contribution in [2.24, 2.45) is 5.92 Å². The van der Waals surface area contributed by atoms with E-state index in [4.69, 9.17) is 0 Å². The van der Waals surface area contributed by atoms with E-state index >= 15 is 0 Å². The number of thiophene rings is 1. The largest absolute Gasteiger partial charge is 0.349 e. The number of amides is 3. The fraction of sp³-hybridized carbons (Fsp3) is 0.647. The highest BCUT2D eigenvalue weighted by atomic mass is 32.1. The van der Waals surface area contributed by atoms with Gasteiger partial charge in [0.2, 0.25) is 5.91 Å². The lowest BCUT2D eigenvalue weighted by molar-refractivity contribution is -0.134. The SMILES string of the molecule is Cc1cc([C@@H](C)NC(=O)N2CCC(C(=O)N(C)C)CC2)c(C)s1. The van der Waals surface area contributed by atoms with Crippen molar-refractivity contribution in [2.75, 3.05) is 27.2 Å². The molecule has 1 aliphatic heterocycles. The summed E-state index contributed by atoms with van der Waals surface area (Å²) in [5, 5.41) is 3.09. The van der Waals surface area contributed by atoms with E-state index in [1.54, 1.807) is 30.3 Å². The predicted octanol–water partition coefficient (Wildman–Crippen LogP) is 2.94. The van der Waals surface area contributed by atoms with E-state index in [-0.39, 0.29) is 23.9 Å². The molecule has 0 aliphatic carbocycles. The molecule has 2 rings (SSSR count). The lowest BCUT2D eigenvalue weighted by Crippen LogP contribution is -2.47. The summed E-state index contributed by atoms with van der Waals surface area (Å²) in [4.78, 5) is 30.4. The monoisotopic (exact) mass is 337 g/mol. The van der Waals surface area contributed by atoms with Crippen LogP contribution in [0.5, 0.6) is 0 Å². The van der Waals surface area contributed by atoms with E-state index in [0.29, 0.717) is 13.1 Å². The van der Waals surface area contributed by atoms with Crippen LogP contribution in [-0.4, -0.2) is 48.9 Å². The van der Waals surface area contributed by atoms with Crippen molar-refractivity contribution >= 4 is 23.3 Å². The molecule has 0 aromatic carbocycles. The Morgan fingerprint density at radius 1 is 1.30 bits per heavy atom. The van der Waals surface area contributed by atoms with Gasteiger partial charge in [0.1, 0.15) is 0 Å². The number of nitrogens with zero attached hydrogens (tertiary/aromatic N) is 2. The average molecular weight is 337 g/mol. The third-order valence-corrected chi connectivity index (χ3v) is 5.44. The van der Waals surface area contributed by atoms with E-state index in [1.807, 2.05) is 11.8 Å². The van der Waals surface area contributed by atoms with Crippen LogP contribution >= 0.6 is 11.3 Å². The van der Waals surface area contributed by atoms with Crippen molar-refractivity contribution in [3.63, 3.8) is 0 Å². The lowest BCUT2D eigenvalue weighted by atomic mass is 9.96. The Kier molecular flexibility index (Phi) is 5.68. The Morgan fingerprint density at radius 2 is 1.91 bits per heavy atom. The van der Waals surface area contributed by atoms with Gasteiger partial charge < -0.3 is 15.1 Å². The molecule has 1 aromatic heterocycles. The normalized spacial score (nSPS) is 17.0. The van der Waals surface area contributed by atoms with Gasteiger partial charge in [0.25, 0.3) is 0 Å². The molecule has 1 aliphatic rings. The number of carbonyl (C=O) groups excluding carboxylic acids is 2. The maximum absolute atomic E-state index is 12.4. The Labute approximate surface area is 142 Å². The zero-order chi connectivity index (χ0) is 17.1. The average Bonchev–Trinajstić information content (AvgIpc) is 2.85. The first-order chi connectivity index (χ1) is 10.8. The van der Waals surface area contributed by atoms with Crippen molar-refractivity contribution in [3.8, 4) is 0 Å². The van der Waals surface area contributed by atoms with Crippen LogP contribution in [0.1, 0.15) is 41.1 Å². The molecule has 0 bridgehead atoms. The summed E-state index contributed by atoms with van der Waals surface area (Å²) < 4.78 is 0. The van der Waals surface area contributed by atoms with Gasteiger partial charge in [0, 0.05) is 42.9 Å². The van der Waals surface area contributed by atoms with Crippen LogP contribution in [0.2, 0.25) is 0 Å². The fourth-order valence-corrected chi connectivity index (χ4v) is 4.15. The van der Waals surface area contributed by atoms with Crippen LogP contribution in [0.15, 0.2) is 6.07 Å². The molecule has 0 saturated carbocycles. The Hall–Kier alpha value is -1.56. The van der Waals surface area contributed by atoms with Crippen molar-refractivity contribution in [1.82, 2.24) is 15.1 Å². The van der Waals surface area contributed by atoms with E-state index < -0.39 is 0 Å². The van der Waals surface area contributed by atoms with Crippen LogP contribution in [0.3, 0.4) is 0 Å². The highest BCUT2D eigenvalue weighted by molar-refractivity contribution is 7.12. The minimum Gasteiger partial charge on any atom is -0.349 e. The Morgan fingerprint density at radius 3 is 2.39 bits per heavy atom. The first kappa shape index (κ1) is 17.8. The number of rotatable bonds is 3. The minimum atomic E-state index is -0.0310. The van der Waals surface area contributed by atoms with Gasteiger partial charge in [-0.25, -0.2) is 4.79 Å². The maximum Gasteiger partial charge on any atom is 0.317 e. The highest BCUT2D eigenvalue weighted by Crippen LogP contribution is 2.26. The molecule has 23 heavy (non-hydrogen) atoms. The standard InChI is InChI=1S/C17H27N3O2S/c1-11-10-15(13(3)23-11)12(2)18-17(22)20-8-6-14(7-9-20)16(21)19(4)5/h10,12,14H,6-9H2,1-5H3,(H,18,22)/t12-/m1/s1. The van der Waals surface area contributed by atoms with E-state index in [2.05, 4.69) is 25.2 Å². The number of urea groups is 1. The van der Waals surface area contributed by atoms with Gasteiger partial charge in [-0.05, 0) is 45.2 Å². The summed E-state index contributed by atoms with van der Waals surface area (Å²) in [6, 6.07) is 2.12. The van der Waals surface area contributed by atoms with Crippen molar-refractivity contribution in [2.45, 2.75) is 39.7 Å². The smallest absolute Gasteiger partial charge is 0.317 e. The third-order valence-electron chi connectivity index (χ3n) is 4.46. The second-order valence-corrected chi connectivity index (χ2v) is 7.99. The topological polar surface area (TPSA) is 52.7 Å². The maximum atomic E-state index is 12.4. The van der Waals surface area contributed by atoms with Gasteiger partial charge in [-0.3, -0.25) is 4.79 Å². The number of hydrogen-bond donors (Lipinski definition) is 1. The summed E-state index contributed by atoms with van der Waals surface area (Å²) in [7, 11) is 3.57. The van der Waals surface area contributed by atoms with Crippen LogP contribution in [0.4, 0.5) is 4.79 Å². The van der Waals surface area contributed by atoms with Gasteiger partial charge in [-0.15, -0.1) is 11.3 Å². The molecule has 1 saturated heterocycles. The predicted molar refractivity (Wildman–Crippen MR) is 93.7 cm³/mol. The number of likely N-dealkylation sites (tertiary alicyclic amines) is 1. The first-order valence-corrected chi connectivity index (χ1v) is 8.94. The zero-order valence-electron chi connectivity index (χ0n) is 14.7. The molecule has 5 nitrogen and oxygen atoms in total. The van der Waals surface area contributed by atoms with Gasteiger partial charge in [-0.2, -0.15) is 0 Å². The summed E-state index contributed by atoms with van der Waals surface area (Å²) in [6.07, 6.45) is 1.49. The fourth-order valence-electron chi connectivity index (χ4n) is 3.13. The number of hydrogen-bond acceptors (Lipinski definition) is 3. The summed E-state index contributed by atoms with van der Waals surface area (Å²) in [5.74, 6) is 0.219. The Balaban J connectivity index is 1.88. The molecule has 128 valence electrons. The van der Waals surface area contributed by atoms with E-state index in [9.17, 15) is 9.59 Å². The summed E-state index contributed by atoms with van der Waals surface area (Å²) in [5.41, 5.74) is 1.19. The Bertz CT molecular complexity index is 574. The first-order valence-electron chi connectivity index (χ1n) is 8.13. The molecule has 0 unspecified atom stereocenters. The molecule has 0 spiro atoms. The third kappa shape index (κ3) is 4.25. The van der Waals surface area contributed by atoms with Crippen LogP contribution < -0.4 is 5.32 Å². The summed E-state index contributed by atoms with van der Waals surface area (Å²) >= 11 is 1.76. The molecular weight excluding hydrogens is 310 g/mol. The number of nitrogens with one attached hydrogen (secondary N) is 1. The number of aryl methyl sites for hydroxylation is 2. The molecule has 1 aromatic rings. The highest BCUT2D eigenvalue weighted by Gasteiger charge is 2.28. The van der Waals surface area contributed by atoms with E-state index in [0.717, 1.165) is 12.8 Å². The van der Waals surface area contributed by atoms with Crippen LogP contribution in [0, 0.1) is 19.8 Å². The second kappa shape index (κ2) is 7.34. The molecule has 1 atom stereocenters. The number of piperidine rings is 1. The number of carbonyl (C=O) groups is 2. The molecule has 3 amide bonds. The van der Waals surface area contributed by atoms with Gasteiger partial charge in [0.05, 0.1) is 6.04 Å². The van der Waals surface area contributed by atoms with Gasteiger partial charge in [0.15, 0.2) is 0 Å². The van der Waals surface area contributed by atoms with Crippen molar-refractivity contribution in [3.05, 3.63) is 21.4 Å². The van der Waals surface area contributed by atoms with Gasteiger partial charge in [-0.1, -0.05) is 0 Å². The molecule has 0 radical (unpaired) electrons. The van der Waals surface area contributed by atoms with Crippen molar-refractivity contribution < 1.29 is 9.59 Å². The molecule has 1 N–H and O–H groups in total. The van der Waals surface area contributed by atoms with E-state index in [1.165, 1.54) is 15.3 Å². The van der Waals surface area contributed by atoms with Crippen LogP contribution in [0.25, 0.3) is 0 Å². The lowest BCUT2D eigenvalue weighted by Gasteiger charge is -2.33. The molecule has 6 heteroatoms. The molecule has 2 heterocycles. The second-order valence-electron chi connectivity index (χ2n) is 6.53. The van der Waals surface area contributed by atoms with Crippen molar-refractivity contribution in [1.29, 1.82) is 0 Å². The van der Waals surface area contributed by atoms with Crippen LogP contribution in [-0.2, 0) is 4.79 Å². The summed E-state index contributed by atoms with van der Waals surface area (Å²) in [6.45, 7) is 7.49. The minimum absolute atomic E-state index is 0.00794. The quantitative estimate of drug-likeness (QED) is 0.922. The zero-order valence-corrected chi connectivity index (χ0v) is 15.5. The molecular formula is C17H27N3O2S. The van der Waals surface area contributed by atoms with Gasteiger partial charge >= 0.3 is 6.03 Å². The molecule has 1 fully saturated rings.